The van der Waals surface area contributed by atoms with Crippen LogP contribution in [0.1, 0.15) is 12.7 Å². The number of para-hydroxylation sites is 1. The molecule has 8 heteroatoms. The number of aromatic nitrogens is 2. The van der Waals surface area contributed by atoms with E-state index in [9.17, 15) is 9.59 Å². The molecule has 0 bridgehead atoms. The van der Waals surface area contributed by atoms with Crippen molar-refractivity contribution in [2.45, 2.75) is 13.5 Å². The van der Waals surface area contributed by atoms with Gasteiger partial charge in [-0.2, -0.15) is 10.2 Å². The summed E-state index contributed by atoms with van der Waals surface area (Å²) in [5, 5.41) is 11.8. The summed E-state index contributed by atoms with van der Waals surface area (Å²) >= 11 is 0. The first-order chi connectivity index (χ1) is 16.1. The predicted octanol–water partition coefficient (Wildman–Crippen LogP) is 4.80. The minimum absolute atomic E-state index is 0.154. The zero-order chi connectivity index (χ0) is 23.0. The quantitative estimate of drug-likeness (QED) is 0.384. The first-order valence-corrected chi connectivity index (χ1v) is 10.7. The van der Waals surface area contributed by atoms with Crippen molar-refractivity contribution in [2.75, 3.05) is 18.4 Å². The van der Waals surface area contributed by atoms with Crippen molar-refractivity contribution < 1.29 is 4.79 Å². The van der Waals surface area contributed by atoms with E-state index in [0.29, 0.717) is 41.2 Å². The standard InChI is InChI=1S/C25H24N6O2/c1-2-31(16-23-27-22-11-7-6-10-21(22)25(33)28-23)17-24(32)26-18-12-14-20(15-13-18)30-29-19-8-4-3-5-9-19/h3-15H,2,16-17H2,1H3,(H,26,32)(H,27,28,33). The van der Waals surface area contributed by atoms with Crippen LogP contribution in [0, 0.1) is 0 Å². The summed E-state index contributed by atoms with van der Waals surface area (Å²) in [7, 11) is 0. The van der Waals surface area contributed by atoms with Gasteiger partial charge in [-0.3, -0.25) is 14.5 Å². The summed E-state index contributed by atoms with van der Waals surface area (Å²) < 4.78 is 0. The second-order valence-electron chi connectivity index (χ2n) is 7.46. The summed E-state index contributed by atoms with van der Waals surface area (Å²) in [5.41, 5.74) is 2.60. The highest BCUT2D eigenvalue weighted by Gasteiger charge is 2.12. The lowest BCUT2D eigenvalue weighted by Gasteiger charge is -2.19. The number of H-pyrrole nitrogens is 1. The van der Waals surface area contributed by atoms with Gasteiger partial charge in [0.15, 0.2) is 0 Å². The number of hydrogen-bond acceptors (Lipinski definition) is 6. The van der Waals surface area contributed by atoms with E-state index in [-0.39, 0.29) is 18.0 Å². The van der Waals surface area contributed by atoms with E-state index in [1.54, 1.807) is 42.5 Å². The highest BCUT2D eigenvalue weighted by Crippen LogP contribution is 2.20. The predicted molar refractivity (Wildman–Crippen MR) is 129 cm³/mol. The average Bonchev–Trinajstić information content (AvgIpc) is 2.84. The fourth-order valence-electron chi connectivity index (χ4n) is 3.33. The number of nitrogens with zero attached hydrogens (tertiary/aromatic N) is 4. The molecule has 4 aromatic rings. The van der Waals surface area contributed by atoms with Gasteiger partial charge in [-0.1, -0.05) is 37.3 Å². The minimum atomic E-state index is -0.180. The number of fused-ring (bicyclic) bond motifs is 1. The molecule has 0 fully saturated rings. The molecule has 4 rings (SSSR count). The van der Waals surface area contributed by atoms with Crippen molar-refractivity contribution in [3.63, 3.8) is 0 Å². The van der Waals surface area contributed by atoms with Gasteiger partial charge in [0.25, 0.3) is 5.56 Å². The van der Waals surface area contributed by atoms with Gasteiger partial charge in [0.1, 0.15) is 5.82 Å². The van der Waals surface area contributed by atoms with E-state index >= 15 is 0 Å². The van der Waals surface area contributed by atoms with Crippen molar-refractivity contribution >= 4 is 33.9 Å². The normalized spacial score (nSPS) is 11.3. The van der Waals surface area contributed by atoms with Crippen molar-refractivity contribution in [3.8, 4) is 0 Å². The molecule has 0 aliphatic rings. The highest BCUT2D eigenvalue weighted by atomic mass is 16.2. The maximum Gasteiger partial charge on any atom is 0.258 e. The van der Waals surface area contributed by atoms with E-state index in [1.807, 2.05) is 48.2 Å². The van der Waals surface area contributed by atoms with Crippen molar-refractivity contribution in [3.05, 3.63) is 95.0 Å². The van der Waals surface area contributed by atoms with Gasteiger partial charge < -0.3 is 10.3 Å². The van der Waals surface area contributed by atoms with Crippen LogP contribution in [0.15, 0.2) is 93.9 Å². The number of hydrogen-bond donors (Lipinski definition) is 2. The van der Waals surface area contributed by atoms with Crippen molar-refractivity contribution in [1.29, 1.82) is 0 Å². The molecule has 0 spiro atoms. The molecule has 1 aromatic heterocycles. The lowest BCUT2D eigenvalue weighted by atomic mass is 10.2. The summed E-state index contributed by atoms with van der Waals surface area (Å²) in [6.45, 7) is 3.12. The zero-order valence-corrected chi connectivity index (χ0v) is 18.2. The maximum atomic E-state index is 12.6. The van der Waals surface area contributed by atoms with Crippen LogP contribution >= 0.6 is 0 Å². The largest absolute Gasteiger partial charge is 0.325 e. The molecule has 8 nitrogen and oxygen atoms in total. The van der Waals surface area contributed by atoms with Crippen molar-refractivity contribution in [1.82, 2.24) is 14.9 Å². The lowest BCUT2D eigenvalue weighted by molar-refractivity contribution is -0.117. The smallest absolute Gasteiger partial charge is 0.258 e. The summed E-state index contributed by atoms with van der Waals surface area (Å²) in [4.78, 5) is 34.1. The Hall–Kier alpha value is -4.17. The topological polar surface area (TPSA) is 103 Å². The number of anilines is 1. The fraction of sp³-hybridized carbons (Fsp3) is 0.160. The molecule has 0 radical (unpaired) electrons. The number of aromatic amines is 1. The Labute approximate surface area is 191 Å². The third-order valence-electron chi connectivity index (χ3n) is 5.04. The van der Waals surface area contributed by atoms with E-state index in [1.165, 1.54) is 0 Å². The molecule has 3 aromatic carbocycles. The number of carbonyl (C=O) groups excluding carboxylic acids is 1. The Bertz CT molecular complexity index is 1320. The Morgan fingerprint density at radius 3 is 2.33 bits per heavy atom. The number of likely N-dealkylation sites (N-methyl/N-ethyl adjacent to an activating group) is 1. The molecular formula is C25H24N6O2. The molecule has 1 amide bonds. The number of carbonyl (C=O) groups is 1. The van der Waals surface area contributed by atoms with Crippen LogP contribution in [0.2, 0.25) is 0 Å². The molecule has 0 aliphatic carbocycles. The van der Waals surface area contributed by atoms with Crippen LogP contribution in [0.25, 0.3) is 10.9 Å². The third-order valence-corrected chi connectivity index (χ3v) is 5.04. The Kier molecular flexibility index (Phi) is 6.96. The summed E-state index contributed by atoms with van der Waals surface area (Å²) in [6, 6.07) is 23.8. The Morgan fingerprint density at radius 1 is 0.939 bits per heavy atom. The second-order valence-corrected chi connectivity index (χ2v) is 7.46. The first kappa shape index (κ1) is 22.0. The molecule has 2 N–H and O–H groups in total. The van der Waals surface area contributed by atoms with Crippen LogP contribution in [-0.2, 0) is 11.3 Å². The lowest BCUT2D eigenvalue weighted by Crippen LogP contribution is -2.33. The van der Waals surface area contributed by atoms with Crippen LogP contribution in [0.5, 0.6) is 0 Å². The fourth-order valence-corrected chi connectivity index (χ4v) is 3.33. The molecule has 0 atom stereocenters. The SMILES string of the molecule is CCN(CC(=O)Nc1ccc(N=Nc2ccccc2)cc1)Cc1nc2ccccc2c(=O)[nH]1. The van der Waals surface area contributed by atoms with Gasteiger partial charge in [0.2, 0.25) is 5.91 Å². The van der Waals surface area contributed by atoms with E-state index in [0.717, 1.165) is 5.69 Å². The molecule has 0 aliphatic heterocycles. The first-order valence-electron chi connectivity index (χ1n) is 10.7. The van der Waals surface area contributed by atoms with Gasteiger partial charge in [-0.25, -0.2) is 4.98 Å². The van der Waals surface area contributed by atoms with E-state index in [4.69, 9.17) is 0 Å². The number of nitrogens with one attached hydrogen (secondary N) is 2. The molecule has 0 saturated heterocycles. The molecule has 166 valence electrons. The summed E-state index contributed by atoms with van der Waals surface area (Å²) in [5.74, 6) is 0.375. The summed E-state index contributed by atoms with van der Waals surface area (Å²) in [6.07, 6.45) is 0. The molecule has 0 saturated carbocycles. The van der Waals surface area contributed by atoms with Crippen LogP contribution in [0.4, 0.5) is 17.1 Å². The van der Waals surface area contributed by atoms with Gasteiger partial charge in [-0.15, -0.1) is 0 Å². The monoisotopic (exact) mass is 440 g/mol. The van der Waals surface area contributed by atoms with Gasteiger partial charge in [-0.05, 0) is 55.1 Å². The molecule has 0 unspecified atom stereocenters. The number of rotatable bonds is 8. The number of benzene rings is 3. The molecular weight excluding hydrogens is 416 g/mol. The van der Waals surface area contributed by atoms with Crippen molar-refractivity contribution in [2.24, 2.45) is 10.2 Å². The van der Waals surface area contributed by atoms with Gasteiger partial charge in [0.05, 0.1) is 35.4 Å². The van der Waals surface area contributed by atoms with Gasteiger partial charge in [0, 0.05) is 5.69 Å². The molecule has 1 heterocycles. The van der Waals surface area contributed by atoms with E-state index < -0.39 is 0 Å². The third kappa shape index (κ3) is 5.96. The van der Waals surface area contributed by atoms with Gasteiger partial charge >= 0.3 is 0 Å². The maximum absolute atomic E-state index is 12.6. The number of amides is 1. The Balaban J connectivity index is 1.35. The van der Waals surface area contributed by atoms with Crippen LogP contribution in [-0.4, -0.2) is 33.9 Å². The van der Waals surface area contributed by atoms with Crippen LogP contribution < -0.4 is 10.9 Å². The van der Waals surface area contributed by atoms with Crippen LogP contribution in [0.3, 0.4) is 0 Å². The Morgan fingerprint density at radius 2 is 1.61 bits per heavy atom. The molecule has 33 heavy (non-hydrogen) atoms. The highest BCUT2D eigenvalue weighted by molar-refractivity contribution is 5.92. The minimum Gasteiger partial charge on any atom is -0.325 e. The average molecular weight is 441 g/mol. The second kappa shape index (κ2) is 10.4. The number of azo groups is 1. The van der Waals surface area contributed by atoms with E-state index in [2.05, 4.69) is 25.5 Å². The zero-order valence-electron chi connectivity index (χ0n) is 18.2.